The van der Waals surface area contributed by atoms with Gasteiger partial charge >= 0.3 is 0 Å². The van der Waals surface area contributed by atoms with Gasteiger partial charge < -0.3 is 10.5 Å². The van der Waals surface area contributed by atoms with Gasteiger partial charge in [-0.25, -0.2) is 0 Å². The molecule has 0 saturated carbocycles. The number of fused-ring (bicyclic) bond motifs is 1. The summed E-state index contributed by atoms with van der Waals surface area (Å²) in [7, 11) is 0. The van der Waals surface area contributed by atoms with Crippen LogP contribution in [0.15, 0.2) is 65.3 Å². The summed E-state index contributed by atoms with van der Waals surface area (Å²) in [4.78, 5) is 12.8. The minimum Gasteiger partial charge on any atom is -0.444 e. The first-order valence-electron chi connectivity index (χ1n) is 8.41. The van der Waals surface area contributed by atoms with Crippen molar-refractivity contribution in [3.8, 4) is 6.07 Å². The first-order chi connectivity index (χ1) is 12.1. The highest BCUT2D eigenvalue weighted by Gasteiger charge is 2.38. The fraction of sp³-hybridized carbons (Fsp3) is 0.238. The molecule has 0 aromatic heterocycles. The van der Waals surface area contributed by atoms with E-state index >= 15 is 0 Å². The molecule has 124 valence electrons. The Bertz CT molecular complexity index is 989. The molecular formula is C21H18N2O2. The maximum atomic E-state index is 12.8. The van der Waals surface area contributed by atoms with Crippen LogP contribution in [0.2, 0.25) is 0 Å². The van der Waals surface area contributed by atoms with Gasteiger partial charge in [-0.15, -0.1) is 0 Å². The predicted octanol–water partition coefficient (Wildman–Crippen LogP) is 3.90. The molecule has 2 aliphatic rings. The van der Waals surface area contributed by atoms with Gasteiger partial charge in [0.25, 0.3) is 0 Å². The molecule has 4 nitrogen and oxygen atoms in total. The molecule has 2 N–H and O–H groups in total. The van der Waals surface area contributed by atoms with Crippen LogP contribution >= 0.6 is 0 Å². The summed E-state index contributed by atoms with van der Waals surface area (Å²) >= 11 is 0. The van der Waals surface area contributed by atoms with E-state index in [9.17, 15) is 10.1 Å². The second kappa shape index (κ2) is 5.78. The second-order valence-electron chi connectivity index (χ2n) is 6.65. The van der Waals surface area contributed by atoms with Crippen molar-refractivity contribution in [2.24, 2.45) is 11.7 Å². The number of ether oxygens (including phenoxy) is 1. The number of nitrogens with two attached hydrogens (primary N) is 1. The highest BCUT2D eigenvalue weighted by molar-refractivity contribution is 5.99. The van der Waals surface area contributed by atoms with Crippen LogP contribution in [-0.2, 0) is 9.53 Å². The quantitative estimate of drug-likeness (QED) is 0.860. The number of Topliss-reactive ketones (excluding diaryl/α,β-unsaturated/α-hetero) is 1. The van der Waals surface area contributed by atoms with Crippen molar-refractivity contribution < 1.29 is 9.53 Å². The number of hydrogen-bond donors (Lipinski definition) is 1. The Labute approximate surface area is 146 Å². The van der Waals surface area contributed by atoms with Gasteiger partial charge in [-0.3, -0.25) is 4.79 Å². The molecule has 1 aliphatic heterocycles. The zero-order chi connectivity index (χ0) is 17.6. The number of carbonyl (C=O) groups is 1. The molecule has 0 fully saturated rings. The van der Waals surface area contributed by atoms with Crippen LogP contribution in [0.5, 0.6) is 0 Å². The summed E-state index contributed by atoms with van der Waals surface area (Å²) in [6.07, 6.45) is 1.05. The molecule has 4 heteroatoms. The van der Waals surface area contributed by atoms with Crippen LogP contribution < -0.4 is 5.73 Å². The summed E-state index contributed by atoms with van der Waals surface area (Å²) in [6, 6.07) is 16.4. The molecule has 4 rings (SSSR count). The smallest absolute Gasteiger partial charge is 0.204 e. The van der Waals surface area contributed by atoms with Crippen LogP contribution in [0.4, 0.5) is 0 Å². The minimum atomic E-state index is -0.297. The monoisotopic (exact) mass is 330 g/mol. The van der Waals surface area contributed by atoms with Gasteiger partial charge in [-0.1, -0.05) is 49.4 Å². The lowest BCUT2D eigenvalue weighted by molar-refractivity contribution is -0.117. The third kappa shape index (κ3) is 2.40. The third-order valence-electron chi connectivity index (χ3n) is 5.21. The second-order valence-corrected chi connectivity index (χ2v) is 6.65. The predicted molar refractivity (Wildman–Crippen MR) is 95.0 cm³/mol. The minimum absolute atomic E-state index is 0.0481. The van der Waals surface area contributed by atoms with Gasteiger partial charge in [-0.2, -0.15) is 5.26 Å². The van der Waals surface area contributed by atoms with E-state index in [-0.39, 0.29) is 23.5 Å². The fourth-order valence-corrected chi connectivity index (χ4v) is 4.00. The van der Waals surface area contributed by atoms with Crippen molar-refractivity contribution in [3.05, 3.63) is 70.8 Å². The number of carbonyl (C=O) groups excluding carboxylic acids is 1. The van der Waals surface area contributed by atoms with Crippen LogP contribution in [0.3, 0.4) is 0 Å². The molecule has 0 spiro atoms. The fourth-order valence-electron chi connectivity index (χ4n) is 4.00. The molecule has 2 aromatic carbocycles. The number of rotatable bonds is 1. The van der Waals surface area contributed by atoms with Gasteiger partial charge in [0.05, 0.1) is 5.57 Å². The van der Waals surface area contributed by atoms with E-state index in [0.29, 0.717) is 29.7 Å². The Morgan fingerprint density at radius 1 is 1.16 bits per heavy atom. The molecule has 25 heavy (non-hydrogen) atoms. The highest BCUT2D eigenvalue weighted by Crippen LogP contribution is 2.43. The largest absolute Gasteiger partial charge is 0.444 e. The van der Waals surface area contributed by atoms with Crippen LogP contribution in [0.1, 0.15) is 31.2 Å². The van der Waals surface area contributed by atoms with Gasteiger partial charge in [0.15, 0.2) is 5.78 Å². The lowest BCUT2D eigenvalue weighted by Crippen LogP contribution is -2.29. The van der Waals surface area contributed by atoms with Gasteiger partial charge in [0, 0.05) is 24.3 Å². The van der Waals surface area contributed by atoms with E-state index < -0.39 is 0 Å². The number of benzene rings is 2. The van der Waals surface area contributed by atoms with E-state index in [1.165, 1.54) is 0 Å². The highest BCUT2D eigenvalue weighted by atomic mass is 16.5. The summed E-state index contributed by atoms with van der Waals surface area (Å²) in [5, 5.41) is 11.6. The van der Waals surface area contributed by atoms with E-state index in [0.717, 1.165) is 16.3 Å². The Hall–Kier alpha value is -3.06. The summed E-state index contributed by atoms with van der Waals surface area (Å²) in [6.45, 7) is 1.85. The maximum Gasteiger partial charge on any atom is 0.204 e. The molecule has 0 radical (unpaired) electrons. The van der Waals surface area contributed by atoms with E-state index in [1.54, 1.807) is 0 Å². The van der Waals surface area contributed by atoms with Gasteiger partial charge in [0.1, 0.15) is 11.8 Å². The molecule has 1 heterocycles. The van der Waals surface area contributed by atoms with E-state index in [2.05, 4.69) is 30.3 Å². The molecule has 0 bridgehead atoms. The molecule has 0 amide bonds. The van der Waals surface area contributed by atoms with Crippen molar-refractivity contribution >= 4 is 16.6 Å². The Morgan fingerprint density at radius 3 is 2.72 bits per heavy atom. The third-order valence-corrected chi connectivity index (χ3v) is 5.21. The zero-order valence-electron chi connectivity index (χ0n) is 14.0. The van der Waals surface area contributed by atoms with Gasteiger partial charge in [0.2, 0.25) is 5.88 Å². The zero-order valence-corrected chi connectivity index (χ0v) is 14.0. The summed E-state index contributed by atoms with van der Waals surface area (Å²) < 4.78 is 5.69. The molecular weight excluding hydrogens is 312 g/mol. The maximum absolute atomic E-state index is 12.8. The van der Waals surface area contributed by atoms with Crippen LogP contribution in [-0.4, -0.2) is 5.78 Å². The SMILES string of the molecule is C[C@@H]1C(C#N)=C(N)OC2=C1C(=O)C[C@@H](c1cccc3ccccc13)C2. The van der Waals surface area contributed by atoms with Crippen LogP contribution in [0, 0.1) is 17.2 Å². The standard InChI is InChI=1S/C21H18N2O2/c1-12-17(11-22)21(23)25-19-10-14(9-18(24)20(12)19)16-8-4-6-13-5-2-3-7-15(13)16/h2-8,12,14H,9-10,23H2,1H3/t12-,14-/m1/s1. The first kappa shape index (κ1) is 15.5. The molecule has 2 aromatic rings. The summed E-state index contributed by atoms with van der Waals surface area (Å²) in [5.41, 5.74) is 8.01. The van der Waals surface area contributed by atoms with Crippen molar-refractivity contribution in [1.82, 2.24) is 0 Å². The average Bonchev–Trinajstić information content (AvgIpc) is 2.60. The van der Waals surface area contributed by atoms with E-state index in [4.69, 9.17) is 10.5 Å². The molecule has 0 unspecified atom stereocenters. The Balaban J connectivity index is 1.76. The van der Waals surface area contributed by atoms with Crippen LogP contribution in [0.25, 0.3) is 10.8 Å². The first-order valence-corrected chi connectivity index (χ1v) is 8.41. The number of ketones is 1. The molecule has 0 saturated heterocycles. The lowest BCUT2D eigenvalue weighted by Gasteiger charge is -2.32. The number of nitrogens with zero attached hydrogens (tertiary/aromatic N) is 1. The van der Waals surface area contributed by atoms with Crippen molar-refractivity contribution in [2.45, 2.75) is 25.7 Å². The Kier molecular flexibility index (Phi) is 3.58. The molecule has 2 atom stereocenters. The number of nitriles is 1. The van der Waals surface area contributed by atoms with E-state index in [1.807, 2.05) is 25.1 Å². The van der Waals surface area contributed by atoms with Crippen molar-refractivity contribution in [3.63, 3.8) is 0 Å². The lowest BCUT2D eigenvalue weighted by atomic mass is 9.76. The number of allylic oxidation sites excluding steroid dienone is 3. The van der Waals surface area contributed by atoms with Crippen molar-refractivity contribution in [2.75, 3.05) is 0 Å². The topological polar surface area (TPSA) is 76.1 Å². The normalized spacial score (nSPS) is 23.3. The summed E-state index contributed by atoms with van der Waals surface area (Å²) in [5.74, 6) is 0.556. The molecule has 1 aliphatic carbocycles. The van der Waals surface area contributed by atoms with Gasteiger partial charge in [-0.05, 0) is 22.3 Å². The average molecular weight is 330 g/mol. The number of hydrogen-bond acceptors (Lipinski definition) is 4. The van der Waals surface area contributed by atoms with Crippen molar-refractivity contribution in [1.29, 1.82) is 5.26 Å². The Morgan fingerprint density at radius 2 is 1.92 bits per heavy atom.